The summed E-state index contributed by atoms with van der Waals surface area (Å²) >= 11 is 1.79. The van der Waals surface area contributed by atoms with Crippen molar-refractivity contribution in [1.82, 2.24) is 5.32 Å². The third kappa shape index (κ3) is 3.08. The first-order valence-corrected chi connectivity index (χ1v) is 5.85. The van der Waals surface area contributed by atoms with Crippen molar-refractivity contribution in [3.05, 3.63) is 22.4 Å². The molecule has 0 saturated carbocycles. The van der Waals surface area contributed by atoms with Crippen molar-refractivity contribution in [3.63, 3.8) is 0 Å². The van der Waals surface area contributed by atoms with Gasteiger partial charge in [-0.2, -0.15) is 0 Å². The third-order valence-corrected chi connectivity index (χ3v) is 3.61. The van der Waals surface area contributed by atoms with Crippen molar-refractivity contribution >= 4 is 11.3 Å². The minimum Gasteiger partial charge on any atom is -0.380 e. The van der Waals surface area contributed by atoms with Crippen LogP contribution in [-0.2, 0) is 4.74 Å². The fourth-order valence-corrected chi connectivity index (χ4v) is 2.10. The Morgan fingerprint density at radius 1 is 1.36 bits per heavy atom. The topological polar surface area (TPSA) is 21.3 Å². The number of rotatable bonds is 5. The predicted octanol–water partition coefficient (Wildman–Crippen LogP) is 2.82. The fourth-order valence-electron chi connectivity index (χ4n) is 1.35. The van der Waals surface area contributed by atoms with Gasteiger partial charge in [0.15, 0.2) is 0 Å². The first-order valence-electron chi connectivity index (χ1n) is 4.97. The SMILES string of the molecule is COC(C)C(C)NC(C)c1cccs1. The molecule has 3 heteroatoms. The van der Waals surface area contributed by atoms with Gasteiger partial charge >= 0.3 is 0 Å². The first-order chi connectivity index (χ1) is 6.65. The van der Waals surface area contributed by atoms with Crippen LogP contribution in [0.3, 0.4) is 0 Å². The Morgan fingerprint density at radius 2 is 2.07 bits per heavy atom. The van der Waals surface area contributed by atoms with Gasteiger partial charge in [0.25, 0.3) is 0 Å². The van der Waals surface area contributed by atoms with E-state index in [4.69, 9.17) is 4.74 Å². The molecule has 80 valence electrons. The van der Waals surface area contributed by atoms with Crippen molar-refractivity contribution in [2.24, 2.45) is 0 Å². The van der Waals surface area contributed by atoms with E-state index < -0.39 is 0 Å². The molecule has 2 nitrogen and oxygen atoms in total. The number of thiophene rings is 1. The molecule has 1 heterocycles. The van der Waals surface area contributed by atoms with E-state index in [0.717, 1.165) is 0 Å². The van der Waals surface area contributed by atoms with Crippen molar-refractivity contribution in [2.75, 3.05) is 7.11 Å². The summed E-state index contributed by atoms with van der Waals surface area (Å²) in [6.07, 6.45) is 0.248. The summed E-state index contributed by atoms with van der Waals surface area (Å²) in [6, 6.07) is 5.02. The summed E-state index contributed by atoms with van der Waals surface area (Å²) in [4.78, 5) is 1.38. The van der Waals surface area contributed by atoms with Gasteiger partial charge in [-0.25, -0.2) is 0 Å². The van der Waals surface area contributed by atoms with E-state index in [1.165, 1.54) is 4.88 Å². The molecule has 0 fully saturated rings. The van der Waals surface area contributed by atoms with Crippen molar-refractivity contribution in [2.45, 2.75) is 39.0 Å². The lowest BCUT2D eigenvalue weighted by molar-refractivity contribution is 0.0853. The van der Waals surface area contributed by atoms with E-state index in [1.54, 1.807) is 18.4 Å². The van der Waals surface area contributed by atoms with E-state index >= 15 is 0 Å². The first kappa shape index (κ1) is 11.7. The summed E-state index contributed by atoms with van der Waals surface area (Å²) in [5.41, 5.74) is 0. The normalized spacial score (nSPS) is 17.7. The largest absolute Gasteiger partial charge is 0.380 e. The number of methoxy groups -OCH3 is 1. The lowest BCUT2D eigenvalue weighted by atomic mass is 10.1. The van der Waals surface area contributed by atoms with E-state index in [0.29, 0.717) is 12.1 Å². The molecule has 1 rings (SSSR count). The summed E-state index contributed by atoms with van der Waals surface area (Å²) in [5, 5.41) is 5.63. The standard InChI is InChI=1S/C11H19NOS/c1-8(10(3)13-4)12-9(2)11-6-5-7-14-11/h5-10,12H,1-4H3. The van der Waals surface area contributed by atoms with Crippen LogP contribution in [0.5, 0.6) is 0 Å². The molecule has 0 aromatic carbocycles. The smallest absolute Gasteiger partial charge is 0.0693 e. The monoisotopic (exact) mass is 213 g/mol. The van der Waals surface area contributed by atoms with Crippen LogP contribution < -0.4 is 5.32 Å². The summed E-state index contributed by atoms with van der Waals surface area (Å²) in [6.45, 7) is 6.42. The fraction of sp³-hybridized carbons (Fsp3) is 0.636. The highest BCUT2D eigenvalue weighted by molar-refractivity contribution is 7.10. The molecule has 3 unspecified atom stereocenters. The molecule has 1 aromatic rings. The molecule has 0 bridgehead atoms. The molecule has 0 spiro atoms. The number of hydrogen-bond acceptors (Lipinski definition) is 3. The molecular formula is C11H19NOS. The van der Waals surface area contributed by atoms with E-state index in [2.05, 4.69) is 43.6 Å². The molecule has 3 atom stereocenters. The average Bonchev–Trinajstić information content (AvgIpc) is 2.69. The summed E-state index contributed by atoms with van der Waals surface area (Å²) < 4.78 is 5.27. The second-order valence-electron chi connectivity index (χ2n) is 3.63. The Kier molecular flexibility index (Phi) is 4.58. The van der Waals surface area contributed by atoms with Gasteiger partial charge in [-0.3, -0.25) is 0 Å². The summed E-state index contributed by atoms with van der Waals surface area (Å²) in [5.74, 6) is 0. The second-order valence-corrected chi connectivity index (χ2v) is 4.61. The highest BCUT2D eigenvalue weighted by Gasteiger charge is 2.14. The van der Waals surface area contributed by atoms with Crippen LogP contribution in [0.15, 0.2) is 17.5 Å². The number of hydrogen-bond donors (Lipinski definition) is 1. The molecule has 1 aromatic heterocycles. The van der Waals surface area contributed by atoms with Gasteiger partial charge < -0.3 is 10.1 Å². The summed E-state index contributed by atoms with van der Waals surface area (Å²) in [7, 11) is 1.75. The molecule has 14 heavy (non-hydrogen) atoms. The van der Waals surface area contributed by atoms with Gasteiger partial charge in [0.1, 0.15) is 0 Å². The number of nitrogens with one attached hydrogen (secondary N) is 1. The minimum atomic E-state index is 0.248. The highest BCUT2D eigenvalue weighted by Crippen LogP contribution is 2.19. The van der Waals surface area contributed by atoms with Crippen molar-refractivity contribution < 1.29 is 4.74 Å². The maximum atomic E-state index is 5.27. The van der Waals surface area contributed by atoms with Crippen LogP contribution in [0, 0.1) is 0 Å². The van der Waals surface area contributed by atoms with Gasteiger partial charge in [-0.15, -0.1) is 11.3 Å². The van der Waals surface area contributed by atoms with Crippen LogP contribution in [0.2, 0.25) is 0 Å². The minimum absolute atomic E-state index is 0.248. The molecule has 0 aliphatic carbocycles. The van der Waals surface area contributed by atoms with Crippen molar-refractivity contribution in [1.29, 1.82) is 0 Å². The lowest BCUT2D eigenvalue weighted by Crippen LogP contribution is -2.37. The van der Waals surface area contributed by atoms with Crippen LogP contribution in [0.1, 0.15) is 31.7 Å². The number of ether oxygens (including phenoxy) is 1. The Hall–Kier alpha value is -0.380. The Bertz CT molecular complexity index is 248. The third-order valence-electron chi connectivity index (χ3n) is 2.56. The van der Waals surface area contributed by atoms with Crippen LogP contribution in [0.4, 0.5) is 0 Å². The van der Waals surface area contributed by atoms with Crippen LogP contribution >= 0.6 is 11.3 Å². The van der Waals surface area contributed by atoms with E-state index in [9.17, 15) is 0 Å². The average molecular weight is 213 g/mol. The van der Waals surface area contributed by atoms with E-state index in [-0.39, 0.29) is 6.10 Å². The molecular weight excluding hydrogens is 194 g/mol. The molecule has 1 N–H and O–H groups in total. The Balaban J connectivity index is 2.44. The predicted molar refractivity (Wildman–Crippen MR) is 61.8 cm³/mol. The molecule has 0 amide bonds. The van der Waals surface area contributed by atoms with Gasteiger partial charge in [-0.05, 0) is 32.2 Å². The maximum absolute atomic E-state index is 5.27. The molecule has 0 saturated heterocycles. The second kappa shape index (κ2) is 5.49. The molecule has 0 aliphatic heterocycles. The van der Waals surface area contributed by atoms with Gasteiger partial charge in [-0.1, -0.05) is 6.07 Å². The zero-order valence-electron chi connectivity index (χ0n) is 9.28. The van der Waals surface area contributed by atoms with Crippen LogP contribution in [0.25, 0.3) is 0 Å². The molecule has 0 radical (unpaired) electrons. The van der Waals surface area contributed by atoms with E-state index in [1.807, 2.05) is 0 Å². The van der Waals surface area contributed by atoms with Crippen LogP contribution in [-0.4, -0.2) is 19.3 Å². The van der Waals surface area contributed by atoms with Gasteiger partial charge in [0, 0.05) is 24.1 Å². The van der Waals surface area contributed by atoms with Gasteiger partial charge in [0.2, 0.25) is 0 Å². The zero-order valence-corrected chi connectivity index (χ0v) is 10.1. The maximum Gasteiger partial charge on any atom is 0.0693 e. The quantitative estimate of drug-likeness (QED) is 0.812. The zero-order chi connectivity index (χ0) is 10.6. The molecule has 0 aliphatic rings. The van der Waals surface area contributed by atoms with Gasteiger partial charge in [0.05, 0.1) is 6.10 Å². The highest BCUT2D eigenvalue weighted by atomic mass is 32.1. The lowest BCUT2D eigenvalue weighted by Gasteiger charge is -2.23. The Labute approximate surface area is 90.3 Å². The van der Waals surface area contributed by atoms with Crippen molar-refractivity contribution in [3.8, 4) is 0 Å². The Morgan fingerprint density at radius 3 is 2.57 bits per heavy atom.